The van der Waals surface area contributed by atoms with Crippen molar-refractivity contribution in [2.24, 2.45) is 0 Å². The fourth-order valence-corrected chi connectivity index (χ4v) is 1.21. The molecule has 0 aliphatic carbocycles. The van der Waals surface area contributed by atoms with Gasteiger partial charge >= 0.3 is 18.2 Å². The summed E-state index contributed by atoms with van der Waals surface area (Å²) in [6, 6.07) is -2.56. The van der Waals surface area contributed by atoms with Crippen molar-refractivity contribution in [1.29, 1.82) is 0 Å². The van der Waals surface area contributed by atoms with E-state index in [0.717, 1.165) is 0 Å². The molecule has 0 radical (unpaired) electrons. The van der Waals surface area contributed by atoms with E-state index in [4.69, 9.17) is 5.11 Å². The lowest BCUT2D eigenvalue weighted by atomic mass is 10.2. The van der Waals surface area contributed by atoms with E-state index in [1.807, 2.05) is 5.32 Å². The van der Waals surface area contributed by atoms with Crippen molar-refractivity contribution >= 4 is 12.0 Å². The molecule has 1 rings (SSSR count). The van der Waals surface area contributed by atoms with Crippen LogP contribution in [0.25, 0.3) is 0 Å². The number of H-pyrrole nitrogens is 1. The van der Waals surface area contributed by atoms with Gasteiger partial charge in [-0.25, -0.2) is 14.6 Å². The van der Waals surface area contributed by atoms with Gasteiger partial charge in [-0.3, -0.25) is 0 Å². The SMILES string of the molecule is O=C(NCC(F)(F)F)N[C@@H](Cc1cnc[nH]1)C(=O)O. The van der Waals surface area contributed by atoms with E-state index < -0.39 is 30.8 Å². The Labute approximate surface area is 105 Å². The van der Waals surface area contributed by atoms with Gasteiger partial charge in [0.2, 0.25) is 0 Å². The number of amides is 2. The van der Waals surface area contributed by atoms with Gasteiger partial charge in [-0.05, 0) is 0 Å². The molecule has 1 heterocycles. The zero-order valence-corrected chi connectivity index (χ0v) is 9.49. The molecule has 1 aromatic heterocycles. The first-order valence-electron chi connectivity index (χ1n) is 5.09. The predicted molar refractivity (Wildman–Crippen MR) is 56.3 cm³/mol. The lowest BCUT2D eigenvalue weighted by Crippen LogP contribution is -2.49. The van der Waals surface area contributed by atoms with Gasteiger partial charge in [0, 0.05) is 18.3 Å². The molecule has 0 saturated carbocycles. The number of halogens is 3. The van der Waals surface area contributed by atoms with Gasteiger partial charge in [-0.15, -0.1) is 0 Å². The minimum Gasteiger partial charge on any atom is -0.480 e. The van der Waals surface area contributed by atoms with Crippen LogP contribution in [0.5, 0.6) is 0 Å². The number of imidazole rings is 1. The second-order valence-electron chi connectivity index (χ2n) is 3.61. The Balaban J connectivity index is 2.49. The topological polar surface area (TPSA) is 107 Å². The lowest BCUT2D eigenvalue weighted by Gasteiger charge is -2.15. The summed E-state index contributed by atoms with van der Waals surface area (Å²) in [4.78, 5) is 28.3. The standard InChI is InChI=1S/C9H11F3N4O3/c10-9(11,12)3-14-8(19)16-6(7(17)18)1-5-2-13-4-15-5/h2,4,6H,1,3H2,(H,13,15)(H,17,18)(H2,14,16,19)/t6-/m0/s1. The molecule has 0 aliphatic rings. The number of urea groups is 1. The van der Waals surface area contributed by atoms with E-state index in [0.29, 0.717) is 5.69 Å². The molecule has 0 spiro atoms. The average Bonchev–Trinajstić information content (AvgIpc) is 2.77. The minimum absolute atomic E-state index is 0.116. The Morgan fingerprint density at radius 1 is 1.47 bits per heavy atom. The molecular weight excluding hydrogens is 269 g/mol. The molecule has 0 bridgehead atoms. The van der Waals surface area contributed by atoms with E-state index in [1.54, 1.807) is 0 Å². The maximum absolute atomic E-state index is 11.8. The fourth-order valence-electron chi connectivity index (χ4n) is 1.21. The Kier molecular flexibility index (Phi) is 4.73. The molecular formula is C9H11F3N4O3. The summed E-state index contributed by atoms with van der Waals surface area (Å²) in [6.07, 6.45) is -2.00. The highest BCUT2D eigenvalue weighted by molar-refractivity contribution is 5.82. The molecule has 1 atom stereocenters. The number of rotatable bonds is 5. The van der Waals surface area contributed by atoms with Gasteiger partial charge in [-0.2, -0.15) is 13.2 Å². The maximum Gasteiger partial charge on any atom is 0.405 e. The Hall–Kier alpha value is -2.26. The van der Waals surface area contributed by atoms with Gasteiger partial charge in [-0.1, -0.05) is 0 Å². The lowest BCUT2D eigenvalue weighted by molar-refractivity contribution is -0.139. The van der Waals surface area contributed by atoms with Crippen molar-refractivity contribution in [1.82, 2.24) is 20.6 Å². The second-order valence-corrected chi connectivity index (χ2v) is 3.61. The number of carbonyl (C=O) groups is 2. The summed E-state index contributed by atoms with van der Waals surface area (Å²) in [5, 5.41) is 12.3. The predicted octanol–water partition coefficient (Wildman–Crippen LogP) is 0.267. The molecule has 0 aromatic carbocycles. The van der Waals surface area contributed by atoms with E-state index in [1.165, 1.54) is 17.8 Å². The molecule has 7 nitrogen and oxygen atoms in total. The zero-order chi connectivity index (χ0) is 14.5. The number of alkyl halides is 3. The van der Waals surface area contributed by atoms with Crippen molar-refractivity contribution in [2.75, 3.05) is 6.54 Å². The Morgan fingerprint density at radius 3 is 2.63 bits per heavy atom. The van der Waals surface area contributed by atoms with Crippen molar-refractivity contribution < 1.29 is 27.9 Å². The maximum atomic E-state index is 11.8. The van der Waals surface area contributed by atoms with Crippen LogP contribution in [0.1, 0.15) is 5.69 Å². The fraction of sp³-hybridized carbons (Fsp3) is 0.444. The number of carboxylic acids is 1. The smallest absolute Gasteiger partial charge is 0.405 e. The van der Waals surface area contributed by atoms with Crippen molar-refractivity contribution in [3.05, 3.63) is 18.2 Å². The van der Waals surface area contributed by atoms with Gasteiger partial charge in [0.15, 0.2) is 0 Å². The number of hydrogen-bond donors (Lipinski definition) is 4. The molecule has 19 heavy (non-hydrogen) atoms. The summed E-state index contributed by atoms with van der Waals surface area (Å²) in [6.45, 7) is -1.53. The first-order chi connectivity index (χ1) is 8.78. The van der Waals surface area contributed by atoms with E-state index in [-0.39, 0.29) is 6.42 Å². The molecule has 106 valence electrons. The number of nitrogens with zero attached hydrogens (tertiary/aromatic N) is 1. The third-order valence-electron chi connectivity index (χ3n) is 2.03. The van der Waals surface area contributed by atoms with Crippen molar-refractivity contribution in [3.8, 4) is 0 Å². The van der Waals surface area contributed by atoms with Crippen LogP contribution in [-0.2, 0) is 11.2 Å². The van der Waals surface area contributed by atoms with Gasteiger partial charge < -0.3 is 20.7 Å². The van der Waals surface area contributed by atoms with E-state index in [9.17, 15) is 22.8 Å². The molecule has 2 amide bonds. The molecule has 0 fully saturated rings. The Bertz CT molecular complexity index is 432. The summed E-state index contributed by atoms with van der Waals surface area (Å²) in [5.74, 6) is -1.36. The Morgan fingerprint density at radius 2 is 2.16 bits per heavy atom. The number of aromatic nitrogens is 2. The number of hydrogen-bond acceptors (Lipinski definition) is 3. The van der Waals surface area contributed by atoms with Crippen LogP contribution in [0.3, 0.4) is 0 Å². The van der Waals surface area contributed by atoms with Gasteiger partial charge in [0.1, 0.15) is 12.6 Å². The first kappa shape index (κ1) is 14.8. The normalized spacial score (nSPS) is 12.8. The molecule has 4 N–H and O–H groups in total. The van der Waals surface area contributed by atoms with Crippen LogP contribution in [0.15, 0.2) is 12.5 Å². The summed E-state index contributed by atoms with van der Waals surface area (Å²) < 4.78 is 35.5. The highest BCUT2D eigenvalue weighted by Crippen LogP contribution is 2.12. The highest BCUT2D eigenvalue weighted by Gasteiger charge is 2.29. The number of aliphatic carboxylic acids is 1. The van der Waals surface area contributed by atoms with Crippen LogP contribution < -0.4 is 10.6 Å². The third kappa shape index (κ3) is 5.75. The highest BCUT2D eigenvalue weighted by atomic mass is 19.4. The largest absolute Gasteiger partial charge is 0.480 e. The number of aromatic amines is 1. The second kappa shape index (κ2) is 6.07. The molecule has 1 aromatic rings. The monoisotopic (exact) mass is 280 g/mol. The summed E-state index contributed by atoms with van der Waals surface area (Å²) >= 11 is 0. The van der Waals surface area contributed by atoms with Crippen molar-refractivity contribution in [3.63, 3.8) is 0 Å². The van der Waals surface area contributed by atoms with Crippen LogP contribution >= 0.6 is 0 Å². The zero-order valence-electron chi connectivity index (χ0n) is 9.49. The van der Waals surface area contributed by atoms with Crippen LogP contribution in [0.2, 0.25) is 0 Å². The summed E-state index contributed by atoms with van der Waals surface area (Å²) in [5.41, 5.74) is 0.434. The molecule has 0 saturated heterocycles. The third-order valence-corrected chi connectivity index (χ3v) is 2.03. The first-order valence-corrected chi connectivity index (χ1v) is 5.09. The van der Waals surface area contributed by atoms with E-state index >= 15 is 0 Å². The van der Waals surface area contributed by atoms with Crippen molar-refractivity contribution in [2.45, 2.75) is 18.6 Å². The number of carbonyl (C=O) groups excluding carboxylic acids is 1. The quantitative estimate of drug-likeness (QED) is 0.620. The van der Waals surface area contributed by atoms with Gasteiger partial charge in [0.25, 0.3) is 0 Å². The van der Waals surface area contributed by atoms with Crippen LogP contribution in [0, 0.1) is 0 Å². The molecule has 0 aliphatic heterocycles. The van der Waals surface area contributed by atoms with E-state index in [2.05, 4.69) is 9.97 Å². The average molecular weight is 280 g/mol. The number of carboxylic acid groups (broad SMARTS) is 1. The summed E-state index contributed by atoms with van der Waals surface area (Å²) in [7, 11) is 0. The van der Waals surface area contributed by atoms with Crippen LogP contribution in [-0.4, -0.2) is 45.8 Å². The van der Waals surface area contributed by atoms with Gasteiger partial charge in [0.05, 0.1) is 6.33 Å². The number of nitrogens with one attached hydrogen (secondary N) is 3. The molecule has 10 heteroatoms. The molecule has 0 unspecified atom stereocenters. The van der Waals surface area contributed by atoms with Crippen LogP contribution in [0.4, 0.5) is 18.0 Å². The minimum atomic E-state index is -4.56.